The molecule has 0 unspecified atom stereocenters. The quantitative estimate of drug-likeness (QED) is 0.140. The van der Waals surface area contributed by atoms with E-state index in [2.05, 4.69) is 41.7 Å². The molecule has 0 aromatic heterocycles. The van der Waals surface area contributed by atoms with Gasteiger partial charge in [-0.05, 0) is 39.8 Å². The minimum absolute atomic E-state index is 0.00609. The number of benzene rings is 4. The van der Waals surface area contributed by atoms with Gasteiger partial charge in [-0.3, -0.25) is 10.1 Å². The Hall–Kier alpha value is -4.36. The second-order valence-corrected chi connectivity index (χ2v) is 9.27. The Morgan fingerprint density at radius 1 is 0.811 bits per heavy atom. The summed E-state index contributed by atoms with van der Waals surface area (Å²) in [6.07, 6.45) is 1.33. The predicted octanol–water partition coefficient (Wildman–Crippen LogP) is 7.06. The van der Waals surface area contributed by atoms with Crippen molar-refractivity contribution in [2.24, 2.45) is 0 Å². The normalized spacial score (nSPS) is 11.2. The standard InChI is InChI=1S/C30H26N2O4S/c33-29(36-23-24-17-19-28(20-18-24)32(34)35)31-21-10-22-37-30(25-11-4-1-5-12-25,26-13-6-2-7-14-26)27-15-8-3-9-16-27/h1-20,22H,21,23H2,(H,31,33)/b22-10-. The topological polar surface area (TPSA) is 81.5 Å². The molecule has 0 aliphatic heterocycles. The maximum Gasteiger partial charge on any atom is 0.407 e. The molecular formula is C30H26N2O4S. The zero-order valence-corrected chi connectivity index (χ0v) is 20.8. The SMILES string of the molecule is O=C(NC/C=C\SC(c1ccccc1)(c1ccccc1)c1ccccc1)OCc1ccc([N+](=O)[O-])cc1. The first-order valence-corrected chi connectivity index (χ1v) is 12.6. The number of hydrogen-bond donors (Lipinski definition) is 1. The Kier molecular flexibility index (Phi) is 8.73. The lowest BCUT2D eigenvalue weighted by Gasteiger charge is -2.34. The molecule has 0 spiro atoms. The third kappa shape index (κ3) is 6.45. The smallest absolute Gasteiger partial charge is 0.407 e. The monoisotopic (exact) mass is 510 g/mol. The van der Waals surface area contributed by atoms with Gasteiger partial charge in [0.2, 0.25) is 0 Å². The largest absolute Gasteiger partial charge is 0.445 e. The molecule has 0 bridgehead atoms. The average Bonchev–Trinajstić information content (AvgIpc) is 2.95. The van der Waals surface area contributed by atoms with E-state index in [0.29, 0.717) is 12.1 Å². The zero-order chi connectivity index (χ0) is 25.9. The molecular weight excluding hydrogens is 484 g/mol. The number of alkyl carbamates (subject to hydrolysis) is 1. The first kappa shape index (κ1) is 25.7. The maximum atomic E-state index is 12.1. The van der Waals surface area contributed by atoms with Crippen molar-refractivity contribution >= 4 is 23.5 Å². The lowest BCUT2D eigenvalue weighted by molar-refractivity contribution is -0.384. The molecule has 4 rings (SSSR count). The van der Waals surface area contributed by atoms with E-state index < -0.39 is 15.8 Å². The number of thioether (sulfide) groups is 1. The number of carbonyl (C=O) groups is 1. The minimum Gasteiger partial charge on any atom is -0.445 e. The lowest BCUT2D eigenvalue weighted by Crippen LogP contribution is -2.25. The van der Waals surface area contributed by atoms with Gasteiger partial charge in [-0.2, -0.15) is 0 Å². The highest BCUT2D eigenvalue weighted by atomic mass is 32.2. The van der Waals surface area contributed by atoms with E-state index in [1.807, 2.05) is 66.1 Å². The summed E-state index contributed by atoms with van der Waals surface area (Å²) in [6, 6.07) is 37.0. The summed E-state index contributed by atoms with van der Waals surface area (Å²) in [5, 5.41) is 15.5. The van der Waals surface area contributed by atoms with Gasteiger partial charge in [-0.1, -0.05) is 97.1 Å². The van der Waals surface area contributed by atoms with Crippen molar-refractivity contribution in [2.75, 3.05) is 6.54 Å². The van der Waals surface area contributed by atoms with Crippen LogP contribution < -0.4 is 5.32 Å². The molecule has 0 atom stereocenters. The lowest BCUT2D eigenvalue weighted by atomic mass is 9.84. The Labute approximate surface area is 220 Å². The van der Waals surface area contributed by atoms with Crippen molar-refractivity contribution in [2.45, 2.75) is 11.4 Å². The van der Waals surface area contributed by atoms with Gasteiger partial charge in [0.05, 0.1) is 9.67 Å². The van der Waals surface area contributed by atoms with Gasteiger partial charge in [0, 0.05) is 18.7 Å². The number of carbonyl (C=O) groups excluding carboxylic acids is 1. The van der Waals surface area contributed by atoms with Crippen molar-refractivity contribution in [1.29, 1.82) is 0 Å². The molecule has 186 valence electrons. The van der Waals surface area contributed by atoms with Gasteiger partial charge < -0.3 is 10.1 Å². The summed E-state index contributed by atoms with van der Waals surface area (Å²) >= 11 is 1.67. The van der Waals surface area contributed by atoms with Crippen LogP contribution in [0.3, 0.4) is 0 Å². The number of nitro groups is 1. The van der Waals surface area contributed by atoms with Crippen LogP contribution in [0.15, 0.2) is 127 Å². The van der Waals surface area contributed by atoms with Crippen molar-refractivity contribution in [3.63, 3.8) is 0 Å². The van der Waals surface area contributed by atoms with Crippen LogP contribution in [0.4, 0.5) is 10.5 Å². The molecule has 0 radical (unpaired) electrons. The van der Waals surface area contributed by atoms with Crippen LogP contribution in [0, 0.1) is 10.1 Å². The number of amides is 1. The summed E-state index contributed by atoms with van der Waals surface area (Å²) in [4.78, 5) is 22.4. The summed E-state index contributed by atoms with van der Waals surface area (Å²) in [5.74, 6) is 0. The van der Waals surface area contributed by atoms with Crippen molar-refractivity contribution in [1.82, 2.24) is 5.32 Å². The fourth-order valence-corrected chi connectivity index (χ4v) is 5.19. The molecule has 0 heterocycles. The number of non-ortho nitro benzene ring substituents is 1. The van der Waals surface area contributed by atoms with Gasteiger partial charge >= 0.3 is 6.09 Å². The molecule has 6 nitrogen and oxygen atoms in total. The predicted molar refractivity (Wildman–Crippen MR) is 147 cm³/mol. The van der Waals surface area contributed by atoms with Crippen molar-refractivity contribution in [3.8, 4) is 0 Å². The van der Waals surface area contributed by atoms with E-state index in [4.69, 9.17) is 4.74 Å². The molecule has 0 fully saturated rings. The van der Waals surface area contributed by atoms with Gasteiger partial charge in [-0.25, -0.2) is 4.79 Å². The van der Waals surface area contributed by atoms with E-state index in [1.54, 1.807) is 23.9 Å². The fraction of sp³-hybridized carbons (Fsp3) is 0.100. The van der Waals surface area contributed by atoms with E-state index in [0.717, 1.165) is 16.7 Å². The third-order valence-corrected chi connectivity index (χ3v) is 7.15. The molecule has 1 amide bonds. The number of nitro benzene ring substituents is 1. The number of nitrogens with zero attached hydrogens (tertiary/aromatic N) is 1. The first-order chi connectivity index (χ1) is 18.1. The van der Waals surface area contributed by atoms with Gasteiger partial charge in [0.25, 0.3) is 5.69 Å². The minimum atomic E-state index is -0.562. The molecule has 0 aliphatic carbocycles. The van der Waals surface area contributed by atoms with E-state index >= 15 is 0 Å². The Balaban J connectivity index is 1.44. The molecule has 1 N–H and O–H groups in total. The van der Waals surface area contributed by atoms with Gasteiger partial charge in [0.1, 0.15) is 6.61 Å². The van der Waals surface area contributed by atoms with Crippen LogP contribution >= 0.6 is 11.8 Å². The highest BCUT2D eigenvalue weighted by molar-refractivity contribution is 8.03. The number of hydrogen-bond acceptors (Lipinski definition) is 5. The van der Waals surface area contributed by atoms with Gasteiger partial charge in [0.15, 0.2) is 0 Å². The van der Waals surface area contributed by atoms with E-state index in [-0.39, 0.29) is 12.3 Å². The summed E-state index contributed by atoms with van der Waals surface area (Å²) in [7, 11) is 0. The van der Waals surface area contributed by atoms with Crippen molar-refractivity contribution in [3.05, 3.63) is 159 Å². The van der Waals surface area contributed by atoms with Crippen LogP contribution in [0.2, 0.25) is 0 Å². The Morgan fingerprint density at radius 2 is 1.30 bits per heavy atom. The molecule has 4 aromatic carbocycles. The van der Waals surface area contributed by atoms with Crippen LogP contribution in [-0.4, -0.2) is 17.6 Å². The van der Waals surface area contributed by atoms with E-state index in [9.17, 15) is 14.9 Å². The third-order valence-electron chi connectivity index (χ3n) is 5.76. The average molecular weight is 511 g/mol. The molecule has 0 saturated carbocycles. The van der Waals surface area contributed by atoms with Crippen LogP contribution in [0.25, 0.3) is 0 Å². The van der Waals surface area contributed by atoms with Crippen molar-refractivity contribution < 1.29 is 14.5 Å². The van der Waals surface area contributed by atoms with Gasteiger partial charge in [-0.15, -0.1) is 11.8 Å². The Bertz CT molecular complexity index is 1230. The molecule has 4 aromatic rings. The number of nitrogens with one attached hydrogen (secondary N) is 1. The zero-order valence-electron chi connectivity index (χ0n) is 20.0. The highest BCUT2D eigenvalue weighted by Crippen LogP contribution is 2.48. The highest BCUT2D eigenvalue weighted by Gasteiger charge is 2.36. The number of ether oxygens (including phenoxy) is 1. The molecule has 37 heavy (non-hydrogen) atoms. The first-order valence-electron chi connectivity index (χ1n) is 11.7. The summed E-state index contributed by atoms with van der Waals surface area (Å²) < 4.78 is 4.75. The Morgan fingerprint density at radius 3 is 1.76 bits per heavy atom. The number of rotatable bonds is 10. The fourth-order valence-electron chi connectivity index (χ4n) is 3.98. The second kappa shape index (κ2) is 12.6. The maximum absolute atomic E-state index is 12.1. The van der Waals surface area contributed by atoms with Crippen LogP contribution in [-0.2, 0) is 16.1 Å². The molecule has 0 aliphatic rings. The second-order valence-electron chi connectivity index (χ2n) is 8.15. The summed E-state index contributed by atoms with van der Waals surface area (Å²) in [5.41, 5.74) is 4.12. The summed E-state index contributed by atoms with van der Waals surface area (Å²) in [6.45, 7) is 0.321. The molecule has 0 saturated heterocycles. The molecule has 7 heteroatoms. The van der Waals surface area contributed by atoms with E-state index in [1.165, 1.54) is 12.1 Å². The van der Waals surface area contributed by atoms with Crippen LogP contribution in [0.1, 0.15) is 22.3 Å². The van der Waals surface area contributed by atoms with Crippen LogP contribution in [0.5, 0.6) is 0 Å².